The first-order valence-corrected chi connectivity index (χ1v) is 7.59. The van der Waals surface area contributed by atoms with Crippen molar-refractivity contribution in [3.63, 3.8) is 0 Å². The first-order valence-electron chi connectivity index (χ1n) is 7.59. The van der Waals surface area contributed by atoms with Crippen molar-refractivity contribution in [2.45, 2.75) is 72.4 Å². The molecule has 0 saturated heterocycles. The maximum Gasteiger partial charge on any atom is 0.0965 e. The van der Waals surface area contributed by atoms with Crippen LogP contribution in [0, 0.1) is 5.92 Å². The zero-order chi connectivity index (χ0) is 14.3. The lowest BCUT2D eigenvalue weighted by Gasteiger charge is -2.17. The molecule has 110 valence electrons. The highest BCUT2D eigenvalue weighted by Crippen LogP contribution is 2.13. The van der Waals surface area contributed by atoms with Crippen molar-refractivity contribution in [1.82, 2.24) is 20.3 Å². The fourth-order valence-corrected chi connectivity index (χ4v) is 2.05. The average molecular weight is 266 g/mol. The lowest BCUT2D eigenvalue weighted by molar-refractivity contribution is 0.346. The van der Waals surface area contributed by atoms with Crippen LogP contribution in [0.5, 0.6) is 0 Å². The Bertz CT molecular complexity index is 351. The molecule has 4 nitrogen and oxygen atoms in total. The Morgan fingerprint density at radius 1 is 1.32 bits per heavy atom. The Kier molecular flexibility index (Phi) is 6.49. The summed E-state index contributed by atoms with van der Waals surface area (Å²) in [5.74, 6) is 0.789. The lowest BCUT2D eigenvalue weighted by Crippen LogP contribution is -2.23. The van der Waals surface area contributed by atoms with Crippen molar-refractivity contribution in [2.75, 3.05) is 6.54 Å². The summed E-state index contributed by atoms with van der Waals surface area (Å²) >= 11 is 0. The molecule has 0 saturated carbocycles. The quantitative estimate of drug-likeness (QED) is 0.784. The molecule has 0 radical (unpaired) electrons. The topological polar surface area (TPSA) is 42.7 Å². The van der Waals surface area contributed by atoms with Gasteiger partial charge in [0.2, 0.25) is 0 Å². The molecule has 1 unspecified atom stereocenters. The van der Waals surface area contributed by atoms with Crippen LogP contribution in [-0.2, 0) is 12.1 Å². The summed E-state index contributed by atoms with van der Waals surface area (Å²) in [4.78, 5) is 0. The highest BCUT2D eigenvalue weighted by molar-refractivity contribution is 4.94. The molecule has 1 aromatic heterocycles. The normalized spacial score (nSPS) is 13.7. The molecule has 0 fully saturated rings. The molecule has 0 aliphatic heterocycles. The minimum atomic E-state index is 0.0122. The van der Waals surface area contributed by atoms with Crippen molar-refractivity contribution in [1.29, 1.82) is 0 Å². The lowest BCUT2D eigenvalue weighted by atomic mass is 9.99. The van der Waals surface area contributed by atoms with Gasteiger partial charge in [-0.05, 0) is 39.7 Å². The van der Waals surface area contributed by atoms with Gasteiger partial charge in [-0.2, -0.15) is 0 Å². The predicted molar refractivity (Wildman–Crippen MR) is 80.0 cm³/mol. The van der Waals surface area contributed by atoms with E-state index in [1.165, 1.54) is 25.7 Å². The van der Waals surface area contributed by atoms with E-state index in [-0.39, 0.29) is 5.54 Å². The van der Waals surface area contributed by atoms with Crippen LogP contribution in [0.4, 0.5) is 0 Å². The molecule has 0 aliphatic rings. The molecule has 0 spiro atoms. The number of nitrogens with one attached hydrogen (secondary N) is 1. The van der Waals surface area contributed by atoms with Gasteiger partial charge in [-0.25, -0.2) is 4.68 Å². The second kappa shape index (κ2) is 7.63. The summed E-state index contributed by atoms with van der Waals surface area (Å²) < 4.78 is 1.93. The fourth-order valence-electron chi connectivity index (χ4n) is 2.05. The molecule has 4 heteroatoms. The standard InChI is InChI=1S/C15H30N4/c1-6-8-9-13(7-2)10-16-11-14-12-19(18-17-14)15(3,4)5/h12-13,16H,6-11H2,1-5H3. The zero-order valence-corrected chi connectivity index (χ0v) is 13.2. The van der Waals surface area contributed by atoms with Gasteiger partial charge < -0.3 is 5.32 Å². The molecule has 0 aromatic carbocycles. The van der Waals surface area contributed by atoms with E-state index in [2.05, 4.69) is 50.2 Å². The summed E-state index contributed by atoms with van der Waals surface area (Å²) in [5, 5.41) is 11.9. The van der Waals surface area contributed by atoms with Gasteiger partial charge in [0.05, 0.1) is 17.4 Å². The number of unbranched alkanes of at least 4 members (excludes halogenated alkanes) is 1. The van der Waals surface area contributed by atoms with Gasteiger partial charge in [0.15, 0.2) is 0 Å². The molecule has 0 aliphatic carbocycles. The third-order valence-electron chi connectivity index (χ3n) is 3.51. The predicted octanol–water partition coefficient (Wildman–Crippen LogP) is 3.34. The Balaban J connectivity index is 2.34. The van der Waals surface area contributed by atoms with E-state index in [9.17, 15) is 0 Å². The Morgan fingerprint density at radius 2 is 2.05 bits per heavy atom. The van der Waals surface area contributed by atoms with Gasteiger partial charge in [0, 0.05) is 6.54 Å². The SMILES string of the molecule is CCCCC(CC)CNCc1cn(C(C)(C)C)nn1. The molecule has 1 aromatic rings. The molecule has 1 heterocycles. The molecular formula is C15H30N4. The number of hydrogen-bond donors (Lipinski definition) is 1. The molecule has 0 amide bonds. The fraction of sp³-hybridized carbons (Fsp3) is 0.867. The van der Waals surface area contributed by atoms with Crippen LogP contribution in [0.15, 0.2) is 6.20 Å². The average Bonchev–Trinajstić information content (AvgIpc) is 2.82. The van der Waals surface area contributed by atoms with E-state index in [1.54, 1.807) is 0 Å². The number of hydrogen-bond acceptors (Lipinski definition) is 3. The van der Waals surface area contributed by atoms with Crippen LogP contribution in [0.25, 0.3) is 0 Å². The van der Waals surface area contributed by atoms with Crippen LogP contribution >= 0.6 is 0 Å². The first kappa shape index (κ1) is 16.2. The summed E-state index contributed by atoms with van der Waals surface area (Å²) in [6.45, 7) is 12.8. The molecule has 1 rings (SSSR count). The second-order valence-electron chi connectivity index (χ2n) is 6.37. The number of nitrogens with zero attached hydrogens (tertiary/aromatic N) is 3. The minimum Gasteiger partial charge on any atom is -0.311 e. The Morgan fingerprint density at radius 3 is 2.58 bits per heavy atom. The van der Waals surface area contributed by atoms with E-state index >= 15 is 0 Å². The van der Waals surface area contributed by atoms with Gasteiger partial charge in [-0.15, -0.1) is 5.10 Å². The second-order valence-corrected chi connectivity index (χ2v) is 6.37. The molecule has 19 heavy (non-hydrogen) atoms. The summed E-state index contributed by atoms with van der Waals surface area (Å²) in [5.41, 5.74) is 1.04. The van der Waals surface area contributed by atoms with Gasteiger partial charge in [-0.3, -0.25) is 0 Å². The van der Waals surface area contributed by atoms with E-state index in [1.807, 2.05) is 10.9 Å². The molecular weight excluding hydrogens is 236 g/mol. The highest BCUT2D eigenvalue weighted by Gasteiger charge is 2.15. The van der Waals surface area contributed by atoms with Gasteiger partial charge >= 0.3 is 0 Å². The summed E-state index contributed by atoms with van der Waals surface area (Å²) in [7, 11) is 0. The van der Waals surface area contributed by atoms with Crippen LogP contribution < -0.4 is 5.32 Å². The van der Waals surface area contributed by atoms with Gasteiger partial charge in [-0.1, -0.05) is 38.3 Å². The van der Waals surface area contributed by atoms with E-state index in [0.717, 1.165) is 24.7 Å². The van der Waals surface area contributed by atoms with Crippen LogP contribution in [0.2, 0.25) is 0 Å². The van der Waals surface area contributed by atoms with Crippen molar-refractivity contribution >= 4 is 0 Å². The smallest absolute Gasteiger partial charge is 0.0965 e. The zero-order valence-electron chi connectivity index (χ0n) is 13.2. The van der Waals surface area contributed by atoms with Crippen LogP contribution in [-0.4, -0.2) is 21.5 Å². The number of rotatable bonds is 8. The number of aromatic nitrogens is 3. The maximum atomic E-state index is 4.22. The monoisotopic (exact) mass is 266 g/mol. The van der Waals surface area contributed by atoms with Crippen molar-refractivity contribution in [3.05, 3.63) is 11.9 Å². The Labute approximate surface area is 118 Å². The van der Waals surface area contributed by atoms with E-state index in [0.29, 0.717) is 0 Å². The third kappa shape index (κ3) is 5.72. The van der Waals surface area contributed by atoms with Crippen LogP contribution in [0.1, 0.15) is 66.0 Å². The largest absolute Gasteiger partial charge is 0.311 e. The van der Waals surface area contributed by atoms with Gasteiger partial charge in [0.25, 0.3) is 0 Å². The van der Waals surface area contributed by atoms with Crippen molar-refractivity contribution in [3.8, 4) is 0 Å². The van der Waals surface area contributed by atoms with Crippen LogP contribution in [0.3, 0.4) is 0 Å². The van der Waals surface area contributed by atoms with Gasteiger partial charge in [0.1, 0.15) is 0 Å². The van der Waals surface area contributed by atoms with Crippen molar-refractivity contribution < 1.29 is 0 Å². The molecule has 0 bridgehead atoms. The first-order chi connectivity index (χ1) is 8.97. The minimum absolute atomic E-state index is 0.0122. The third-order valence-corrected chi connectivity index (χ3v) is 3.51. The maximum absolute atomic E-state index is 4.22. The Hall–Kier alpha value is -0.900. The van der Waals surface area contributed by atoms with Crippen molar-refractivity contribution in [2.24, 2.45) is 5.92 Å². The van der Waals surface area contributed by atoms with E-state index in [4.69, 9.17) is 0 Å². The molecule has 1 N–H and O–H groups in total. The highest BCUT2D eigenvalue weighted by atomic mass is 15.4. The van der Waals surface area contributed by atoms with E-state index < -0.39 is 0 Å². The summed E-state index contributed by atoms with van der Waals surface area (Å²) in [6, 6.07) is 0. The summed E-state index contributed by atoms with van der Waals surface area (Å²) in [6.07, 6.45) is 7.24. The molecule has 1 atom stereocenters.